The summed E-state index contributed by atoms with van der Waals surface area (Å²) in [4.78, 5) is 2.21. The fourth-order valence-electron chi connectivity index (χ4n) is 1.25. The van der Waals surface area contributed by atoms with Crippen molar-refractivity contribution in [3.63, 3.8) is 0 Å². The lowest BCUT2D eigenvalue weighted by atomic mass is 10.3. The van der Waals surface area contributed by atoms with Crippen molar-refractivity contribution in [2.45, 2.75) is 33.2 Å². The maximum atomic E-state index is 10.6. The van der Waals surface area contributed by atoms with Crippen LogP contribution in [-0.2, 0) is 10.0 Å². The average molecular weight is 208 g/mol. The van der Waals surface area contributed by atoms with Gasteiger partial charge < -0.3 is 4.90 Å². The first-order valence-corrected chi connectivity index (χ1v) is 6.33. The van der Waals surface area contributed by atoms with Gasteiger partial charge in [-0.15, -0.1) is 0 Å². The third-order valence-corrected chi connectivity index (χ3v) is 2.87. The predicted octanol–water partition coefficient (Wildman–Crippen LogP) is 0.395. The van der Waals surface area contributed by atoms with Crippen LogP contribution in [0.2, 0.25) is 0 Å². The van der Waals surface area contributed by atoms with E-state index < -0.39 is 10.0 Å². The van der Waals surface area contributed by atoms with Crippen LogP contribution >= 0.6 is 0 Å². The molecule has 80 valence electrons. The van der Waals surface area contributed by atoms with E-state index in [2.05, 4.69) is 25.7 Å². The quantitative estimate of drug-likeness (QED) is 0.687. The van der Waals surface area contributed by atoms with Crippen LogP contribution in [0.4, 0.5) is 0 Å². The second-order valence-electron chi connectivity index (χ2n) is 3.44. The van der Waals surface area contributed by atoms with E-state index >= 15 is 0 Å². The van der Waals surface area contributed by atoms with Gasteiger partial charge in [-0.2, -0.15) is 0 Å². The number of rotatable bonds is 6. The lowest BCUT2D eigenvalue weighted by Crippen LogP contribution is -2.33. The van der Waals surface area contributed by atoms with Gasteiger partial charge in [0, 0.05) is 6.04 Å². The Hall–Kier alpha value is -0.130. The van der Waals surface area contributed by atoms with Crippen molar-refractivity contribution in [1.29, 1.82) is 0 Å². The van der Waals surface area contributed by atoms with E-state index in [1.165, 1.54) is 0 Å². The Balaban J connectivity index is 3.74. The van der Waals surface area contributed by atoms with Gasteiger partial charge in [-0.05, 0) is 33.4 Å². The minimum absolute atomic E-state index is 0.0796. The van der Waals surface area contributed by atoms with Crippen molar-refractivity contribution in [1.82, 2.24) is 4.90 Å². The van der Waals surface area contributed by atoms with E-state index in [1.54, 1.807) is 0 Å². The van der Waals surface area contributed by atoms with Crippen molar-refractivity contribution in [3.8, 4) is 0 Å². The van der Waals surface area contributed by atoms with Gasteiger partial charge in [0.05, 0.1) is 5.75 Å². The van der Waals surface area contributed by atoms with E-state index in [0.717, 1.165) is 13.1 Å². The van der Waals surface area contributed by atoms with E-state index in [1.807, 2.05) is 0 Å². The molecular formula is C8H20N2O2S. The van der Waals surface area contributed by atoms with Crippen molar-refractivity contribution >= 4 is 10.0 Å². The van der Waals surface area contributed by atoms with E-state index in [0.29, 0.717) is 12.5 Å². The molecule has 0 aliphatic carbocycles. The fourth-order valence-corrected chi connectivity index (χ4v) is 1.78. The van der Waals surface area contributed by atoms with E-state index in [-0.39, 0.29) is 5.75 Å². The Morgan fingerprint density at radius 2 is 1.92 bits per heavy atom. The zero-order valence-electron chi connectivity index (χ0n) is 8.66. The molecule has 0 aromatic carbocycles. The summed E-state index contributed by atoms with van der Waals surface area (Å²) < 4.78 is 21.3. The average Bonchev–Trinajstić information content (AvgIpc) is 1.95. The van der Waals surface area contributed by atoms with Crippen LogP contribution in [-0.4, -0.2) is 38.2 Å². The number of hydrogen-bond donors (Lipinski definition) is 1. The molecule has 0 heterocycles. The minimum atomic E-state index is -3.28. The Morgan fingerprint density at radius 1 is 1.38 bits per heavy atom. The van der Waals surface area contributed by atoms with Crippen molar-refractivity contribution in [3.05, 3.63) is 0 Å². The zero-order valence-corrected chi connectivity index (χ0v) is 9.47. The number of sulfonamides is 1. The molecule has 13 heavy (non-hydrogen) atoms. The molecule has 0 aromatic rings. The van der Waals surface area contributed by atoms with Gasteiger partial charge in [-0.3, -0.25) is 0 Å². The molecule has 0 aliphatic rings. The Kier molecular flexibility index (Phi) is 5.51. The summed E-state index contributed by atoms with van der Waals surface area (Å²) >= 11 is 0. The first kappa shape index (κ1) is 12.9. The van der Waals surface area contributed by atoms with Crippen LogP contribution in [0.25, 0.3) is 0 Å². The molecule has 2 N–H and O–H groups in total. The second kappa shape index (κ2) is 5.57. The minimum Gasteiger partial charge on any atom is -0.301 e. The van der Waals surface area contributed by atoms with Gasteiger partial charge in [-0.1, -0.05) is 6.92 Å². The summed E-state index contributed by atoms with van der Waals surface area (Å²) in [5, 5.41) is 4.89. The summed E-state index contributed by atoms with van der Waals surface area (Å²) in [5.74, 6) is 0.0796. The van der Waals surface area contributed by atoms with Crippen LogP contribution in [0.1, 0.15) is 27.2 Å². The third-order valence-electron chi connectivity index (χ3n) is 2.01. The lowest BCUT2D eigenvalue weighted by molar-refractivity contribution is 0.234. The maximum absolute atomic E-state index is 10.6. The number of nitrogens with zero attached hydrogens (tertiary/aromatic N) is 1. The lowest BCUT2D eigenvalue weighted by Gasteiger charge is -2.24. The van der Waals surface area contributed by atoms with Crippen LogP contribution < -0.4 is 5.14 Å². The van der Waals surface area contributed by atoms with E-state index in [4.69, 9.17) is 5.14 Å². The summed E-state index contributed by atoms with van der Waals surface area (Å²) in [5.41, 5.74) is 0. The van der Waals surface area contributed by atoms with Gasteiger partial charge in [-0.25, -0.2) is 13.6 Å². The molecule has 4 nitrogen and oxygen atoms in total. The summed E-state index contributed by atoms with van der Waals surface area (Å²) in [6.07, 6.45) is 0.616. The van der Waals surface area contributed by atoms with Crippen LogP contribution in [0.3, 0.4) is 0 Å². The molecule has 0 saturated carbocycles. The Labute approximate surface area is 81.2 Å². The highest BCUT2D eigenvalue weighted by molar-refractivity contribution is 7.89. The van der Waals surface area contributed by atoms with Gasteiger partial charge in [0.15, 0.2) is 0 Å². The molecule has 0 spiro atoms. The Bertz CT molecular complexity index is 224. The number of nitrogens with two attached hydrogens (primary N) is 1. The first-order valence-electron chi connectivity index (χ1n) is 4.61. The van der Waals surface area contributed by atoms with Gasteiger partial charge >= 0.3 is 0 Å². The normalized spacial score (nSPS) is 12.8. The molecule has 0 aliphatic heterocycles. The molecule has 0 unspecified atom stereocenters. The number of hydrogen-bond acceptors (Lipinski definition) is 3. The topological polar surface area (TPSA) is 63.4 Å². The fraction of sp³-hybridized carbons (Fsp3) is 1.00. The molecule has 5 heteroatoms. The molecular weight excluding hydrogens is 188 g/mol. The van der Waals surface area contributed by atoms with Crippen LogP contribution in [0, 0.1) is 0 Å². The monoisotopic (exact) mass is 208 g/mol. The molecule has 0 bridgehead atoms. The molecule has 0 fully saturated rings. The summed E-state index contributed by atoms with van der Waals surface area (Å²) in [6, 6.07) is 0.463. The SMILES string of the molecule is CCN(CCCS(N)(=O)=O)C(C)C. The second-order valence-corrected chi connectivity index (χ2v) is 5.18. The van der Waals surface area contributed by atoms with Crippen molar-refractivity contribution in [2.24, 2.45) is 5.14 Å². The van der Waals surface area contributed by atoms with Crippen molar-refractivity contribution < 1.29 is 8.42 Å². The molecule has 0 rings (SSSR count). The molecule has 0 amide bonds. The predicted molar refractivity (Wildman–Crippen MR) is 55.0 cm³/mol. The van der Waals surface area contributed by atoms with Crippen LogP contribution in [0.5, 0.6) is 0 Å². The molecule has 0 saturated heterocycles. The highest BCUT2D eigenvalue weighted by Gasteiger charge is 2.08. The van der Waals surface area contributed by atoms with Gasteiger partial charge in [0.25, 0.3) is 0 Å². The molecule has 0 radical (unpaired) electrons. The Morgan fingerprint density at radius 3 is 2.23 bits per heavy atom. The van der Waals surface area contributed by atoms with Crippen molar-refractivity contribution in [2.75, 3.05) is 18.8 Å². The highest BCUT2D eigenvalue weighted by atomic mass is 32.2. The largest absolute Gasteiger partial charge is 0.301 e. The standard InChI is InChI=1S/C8H20N2O2S/c1-4-10(8(2)3)6-5-7-13(9,11)12/h8H,4-7H2,1-3H3,(H2,9,11,12). The summed E-state index contributed by atoms with van der Waals surface area (Å²) in [7, 11) is -3.28. The molecule has 0 aromatic heterocycles. The van der Waals surface area contributed by atoms with Gasteiger partial charge in [0.1, 0.15) is 0 Å². The smallest absolute Gasteiger partial charge is 0.209 e. The maximum Gasteiger partial charge on any atom is 0.209 e. The zero-order chi connectivity index (χ0) is 10.5. The van der Waals surface area contributed by atoms with E-state index in [9.17, 15) is 8.42 Å². The highest BCUT2D eigenvalue weighted by Crippen LogP contribution is 1.99. The van der Waals surface area contributed by atoms with Gasteiger partial charge in [0.2, 0.25) is 10.0 Å². The number of primary sulfonamides is 1. The first-order chi connectivity index (χ1) is 5.87. The third kappa shape index (κ3) is 6.98. The molecule has 0 atom stereocenters. The summed E-state index contributed by atoms with van der Waals surface area (Å²) in [6.45, 7) is 8.00. The van der Waals surface area contributed by atoms with Crippen LogP contribution in [0.15, 0.2) is 0 Å².